The first kappa shape index (κ1) is 19.9. The molecule has 2 aromatic rings. The number of aromatic nitrogens is 3. The summed E-state index contributed by atoms with van der Waals surface area (Å²) in [5.74, 6) is 0.846. The van der Waals surface area contributed by atoms with Crippen LogP contribution in [0.25, 0.3) is 0 Å². The lowest BCUT2D eigenvalue weighted by molar-refractivity contribution is 0.703. The zero-order valence-electron chi connectivity index (χ0n) is 13.9. The van der Waals surface area contributed by atoms with Crippen molar-refractivity contribution in [3.8, 4) is 0 Å². The molecular weight excluding hydrogens is 423 g/mol. The fraction of sp³-hybridized carbons (Fsp3) is 0.533. The molecule has 0 radical (unpaired) electrons. The topological polar surface area (TPSA) is 67.1 Å². The summed E-state index contributed by atoms with van der Waals surface area (Å²) in [5.41, 5.74) is 2.20. The van der Waals surface area contributed by atoms with Crippen molar-refractivity contribution < 1.29 is 0 Å². The standard InChI is InChI=1S/C15H24N6S.HI/c1-4-16-15(18-10-13-7-9-19-21(13)3)17-8-5-6-14-20-12(2)11-22-14;/h7,9,11H,4-6,8,10H2,1-3H3,(H2,16,17,18);1H. The summed E-state index contributed by atoms with van der Waals surface area (Å²) in [6.07, 6.45) is 3.84. The minimum Gasteiger partial charge on any atom is -0.357 e. The molecule has 2 N–H and O–H groups in total. The van der Waals surface area contributed by atoms with Gasteiger partial charge in [-0.25, -0.2) is 9.98 Å². The lowest BCUT2D eigenvalue weighted by Gasteiger charge is -2.10. The lowest BCUT2D eigenvalue weighted by atomic mass is 10.3. The highest BCUT2D eigenvalue weighted by Crippen LogP contribution is 2.10. The van der Waals surface area contributed by atoms with E-state index in [1.54, 1.807) is 17.5 Å². The zero-order valence-corrected chi connectivity index (χ0v) is 17.0. The molecule has 0 aliphatic rings. The Kier molecular flexibility index (Phi) is 9.15. The molecule has 0 aliphatic carbocycles. The van der Waals surface area contributed by atoms with Crippen LogP contribution in [0.1, 0.15) is 29.7 Å². The van der Waals surface area contributed by atoms with Crippen LogP contribution < -0.4 is 10.6 Å². The SMILES string of the molecule is CCNC(=NCc1ccnn1C)NCCCc1nc(C)cs1.I. The maximum atomic E-state index is 4.59. The molecule has 6 nitrogen and oxygen atoms in total. The Morgan fingerprint density at radius 2 is 2.22 bits per heavy atom. The van der Waals surface area contributed by atoms with Crippen molar-refractivity contribution in [2.75, 3.05) is 13.1 Å². The van der Waals surface area contributed by atoms with Crippen LogP contribution in [-0.2, 0) is 20.0 Å². The van der Waals surface area contributed by atoms with E-state index in [1.165, 1.54) is 5.01 Å². The highest BCUT2D eigenvalue weighted by Gasteiger charge is 2.01. The monoisotopic (exact) mass is 448 g/mol. The number of nitrogens with one attached hydrogen (secondary N) is 2. The van der Waals surface area contributed by atoms with Crippen LogP contribution in [0.2, 0.25) is 0 Å². The third-order valence-electron chi connectivity index (χ3n) is 3.19. The fourth-order valence-electron chi connectivity index (χ4n) is 2.02. The van der Waals surface area contributed by atoms with E-state index in [0.29, 0.717) is 6.54 Å². The first-order valence-electron chi connectivity index (χ1n) is 7.59. The predicted octanol–water partition coefficient (Wildman–Crippen LogP) is 2.49. The Balaban J connectivity index is 0.00000264. The van der Waals surface area contributed by atoms with Gasteiger partial charge in [-0.05, 0) is 26.3 Å². The Morgan fingerprint density at radius 3 is 2.83 bits per heavy atom. The Hall–Kier alpha value is -1.16. The molecule has 0 amide bonds. The second kappa shape index (κ2) is 10.6. The zero-order chi connectivity index (χ0) is 15.8. The lowest BCUT2D eigenvalue weighted by Crippen LogP contribution is -2.37. The summed E-state index contributed by atoms with van der Waals surface area (Å²) in [6.45, 7) is 6.46. The van der Waals surface area contributed by atoms with Crippen molar-refractivity contribution >= 4 is 41.3 Å². The van der Waals surface area contributed by atoms with Crippen LogP contribution in [0, 0.1) is 6.92 Å². The number of rotatable bonds is 7. The molecule has 23 heavy (non-hydrogen) atoms. The van der Waals surface area contributed by atoms with Gasteiger partial charge in [0.1, 0.15) is 0 Å². The van der Waals surface area contributed by atoms with E-state index in [0.717, 1.165) is 43.3 Å². The molecule has 0 spiro atoms. The Labute approximate surface area is 158 Å². The second-order valence-corrected chi connectivity index (χ2v) is 6.00. The molecule has 2 aromatic heterocycles. The molecule has 2 heterocycles. The van der Waals surface area contributed by atoms with E-state index >= 15 is 0 Å². The number of aryl methyl sites for hydroxylation is 3. The van der Waals surface area contributed by atoms with Gasteiger partial charge in [0.25, 0.3) is 0 Å². The maximum absolute atomic E-state index is 4.59. The summed E-state index contributed by atoms with van der Waals surface area (Å²) in [5, 5.41) is 14.1. The molecule has 0 aliphatic heterocycles. The molecule has 0 unspecified atom stereocenters. The fourth-order valence-corrected chi connectivity index (χ4v) is 2.84. The molecule has 0 atom stereocenters. The first-order chi connectivity index (χ1) is 10.7. The van der Waals surface area contributed by atoms with Gasteiger partial charge in [-0.3, -0.25) is 4.68 Å². The quantitative estimate of drug-likeness (QED) is 0.296. The summed E-state index contributed by atoms with van der Waals surface area (Å²) < 4.78 is 1.85. The van der Waals surface area contributed by atoms with Crippen LogP contribution >= 0.6 is 35.3 Å². The van der Waals surface area contributed by atoms with Crippen molar-refractivity contribution in [2.45, 2.75) is 33.2 Å². The summed E-state index contributed by atoms with van der Waals surface area (Å²) in [6, 6.07) is 1.98. The molecule has 0 bridgehead atoms. The van der Waals surface area contributed by atoms with Gasteiger partial charge in [0.2, 0.25) is 0 Å². The maximum Gasteiger partial charge on any atom is 0.191 e. The average Bonchev–Trinajstić information content (AvgIpc) is 3.09. The number of hydrogen-bond donors (Lipinski definition) is 2. The van der Waals surface area contributed by atoms with Gasteiger partial charge < -0.3 is 10.6 Å². The normalized spacial score (nSPS) is 11.2. The van der Waals surface area contributed by atoms with Crippen LogP contribution in [0.3, 0.4) is 0 Å². The third kappa shape index (κ3) is 6.86. The molecule has 0 saturated heterocycles. The number of aliphatic imine (C=N–C) groups is 1. The number of thiazole rings is 1. The van der Waals surface area contributed by atoms with Gasteiger partial charge in [0, 0.05) is 43.8 Å². The summed E-state index contributed by atoms with van der Waals surface area (Å²) >= 11 is 1.73. The molecular formula is C15H25IN6S. The predicted molar refractivity (Wildman–Crippen MR) is 107 cm³/mol. The van der Waals surface area contributed by atoms with Crippen molar-refractivity contribution in [1.29, 1.82) is 0 Å². The number of hydrogen-bond acceptors (Lipinski definition) is 4. The van der Waals surface area contributed by atoms with Crippen molar-refractivity contribution in [3.63, 3.8) is 0 Å². The minimum atomic E-state index is 0. The van der Waals surface area contributed by atoms with Crippen LogP contribution in [0.4, 0.5) is 0 Å². The van der Waals surface area contributed by atoms with Crippen LogP contribution in [-0.4, -0.2) is 33.8 Å². The largest absolute Gasteiger partial charge is 0.357 e. The third-order valence-corrected chi connectivity index (χ3v) is 4.22. The summed E-state index contributed by atoms with van der Waals surface area (Å²) in [4.78, 5) is 9.06. The number of nitrogens with zero attached hydrogens (tertiary/aromatic N) is 4. The van der Waals surface area contributed by atoms with E-state index < -0.39 is 0 Å². The van der Waals surface area contributed by atoms with Gasteiger partial charge in [-0.1, -0.05) is 0 Å². The molecule has 128 valence electrons. The second-order valence-electron chi connectivity index (χ2n) is 5.05. The van der Waals surface area contributed by atoms with Gasteiger partial charge >= 0.3 is 0 Å². The van der Waals surface area contributed by atoms with Gasteiger partial charge in [0.15, 0.2) is 5.96 Å². The minimum absolute atomic E-state index is 0. The number of guanidine groups is 1. The van der Waals surface area contributed by atoms with E-state index in [-0.39, 0.29) is 24.0 Å². The van der Waals surface area contributed by atoms with Crippen molar-refractivity contribution in [2.24, 2.45) is 12.0 Å². The molecule has 8 heteroatoms. The smallest absolute Gasteiger partial charge is 0.191 e. The highest BCUT2D eigenvalue weighted by atomic mass is 127. The highest BCUT2D eigenvalue weighted by molar-refractivity contribution is 14.0. The van der Waals surface area contributed by atoms with E-state index in [2.05, 4.69) is 38.0 Å². The Bertz CT molecular complexity index is 607. The number of halogens is 1. The van der Waals surface area contributed by atoms with Crippen LogP contribution in [0.5, 0.6) is 0 Å². The van der Waals surface area contributed by atoms with E-state index in [4.69, 9.17) is 0 Å². The van der Waals surface area contributed by atoms with Gasteiger partial charge in [0.05, 0.1) is 17.2 Å². The van der Waals surface area contributed by atoms with Gasteiger partial charge in [-0.15, -0.1) is 35.3 Å². The Morgan fingerprint density at radius 1 is 1.39 bits per heavy atom. The molecule has 0 aromatic carbocycles. The van der Waals surface area contributed by atoms with E-state index in [9.17, 15) is 0 Å². The van der Waals surface area contributed by atoms with Crippen molar-refractivity contribution in [1.82, 2.24) is 25.4 Å². The summed E-state index contributed by atoms with van der Waals surface area (Å²) in [7, 11) is 1.93. The van der Waals surface area contributed by atoms with E-state index in [1.807, 2.05) is 24.7 Å². The first-order valence-corrected chi connectivity index (χ1v) is 8.47. The van der Waals surface area contributed by atoms with Crippen LogP contribution in [0.15, 0.2) is 22.6 Å². The average molecular weight is 448 g/mol. The van der Waals surface area contributed by atoms with Crippen molar-refractivity contribution in [3.05, 3.63) is 34.0 Å². The molecule has 0 fully saturated rings. The molecule has 2 rings (SSSR count). The van der Waals surface area contributed by atoms with Gasteiger partial charge in [-0.2, -0.15) is 5.10 Å². The molecule has 0 saturated carbocycles.